The van der Waals surface area contributed by atoms with Crippen molar-refractivity contribution in [1.29, 1.82) is 0 Å². The second kappa shape index (κ2) is 8.84. The van der Waals surface area contributed by atoms with E-state index < -0.39 is 5.97 Å². The van der Waals surface area contributed by atoms with Crippen molar-refractivity contribution in [3.8, 4) is 28.7 Å². The molecule has 0 aliphatic heterocycles. The van der Waals surface area contributed by atoms with Crippen molar-refractivity contribution in [2.45, 2.75) is 6.92 Å². The summed E-state index contributed by atoms with van der Waals surface area (Å²) < 4.78 is 21.1. The van der Waals surface area contributed by atoms with E-state index in [1.165, 1.54) is 33.5 Å². The number of hydrogen-bond donors (Lipinski definition) is 2. The Balaban J connectivity index is 2.56. The molecule has 0 aliphatic rings. The average molecular weight is 374 g/mol. The number of carbonyl (C=O) groups is 1. The lowest BCUT2D eigenvalue weighted by Gasteiger charge is -2.14. The van der Waals surface area contributed by atoms with Gasteiger partial charge in [0, 0.05) is 0 Å². The van der Waals surface area contributed by atoms with Crippen LogP contribution in [0.2, 0.25) is 0 Å². The lowest BCUT2D eigenvalue weighted by molar-refractivity contribution is -0.130. The van der Waals surface area contributed by atoms with Gasteiger partial charge in [0.05, 0.1) is 33.5 Å². The number of carboxylic acid groups (broad SMARTS) is 1. The summed E-state index contributed by atoms with van der Waals surface area (Å²) in [5, 5.41) is 19.7. The lowest BCUT2D eigenvalue weighted by atomic mass is 10.0. The van der Waals surface area contributed by atoms with Gasteiger partial charge in [0.1, 0.15) is 0 Å². The molecule has 2 N–H and O–H groups in total. The fraction of sp³-hybridized carbons (Fsp3) is 0.250. The number of carboxylic acids is 1. The van der Waals surface area contributed by atoms with Gasteiger partial charge in [-0.15, -0.1) is 0 Å². The molecule has 7 heteroatoms. The molecular formula is C20H22O7. The number of aliphatic carboxylic acids is 1. The maximum absolute atomic E-state index is 11.8. The van der Waals surface area contributed by atoms with Crippen LogP contribution in [0, 0.1) is 0 Å². The second-order valence-electron chi connectivity index (χ2n) is 5.44. The highest BCUT2D eigenvalue weighted by molar-refractivity contribution is 6.20. The van der Waals surface area contributed by atoms with Crippen molar-refractivity contribution in [1.82, 2.24) is 0 Å². The first kappa shape index (κ1) is 20.0. The Labute approximate surface area is 157 Å². The van der Waals surface area contributed by atoms with Gasteiger partial charge >= 0.3 is 5.97 Å². The van der Waals surface area contributed by atoms with Gasteiger partial charge in [-0.05, 0) is 48.4 Å². The minimum Gasteiger partial charge on any atom is -0.504 e. The Morgan fingerprint density at radius 3 is 2.07 bits per heavy atom. The Morgan fingerprint density at radius 1 is 1.00 bits per heavy atom. The van der Waals surface area contributed by atoms with E-state index in [-0.39, 0.29) is 11.3 Å². The Kier molecular flexibility index (Phi) is 6.54. The summed E-state index contributed by atoms with van der Waals surface area (Å²) in [4.78, 5) is 11.8. The van der Waals surface area contributed by atoms with Gasteiger partial charge in [0.25, 0.3) is 0 Å². The summed E-state index contributed by atoms with van der Waals surface area (Å²) >= 11 is 0. The van der Waals surface area contributed by atoms with Crippen molar-refractivity contribution in [2.24, 2.45) is 0 Å². The molecular weight excluding hydrogens is 352 g/mol. The first-order valence-electron chi connectivity index (χ1n) is 8.16. The van der Waals surface area contributed by atoms with E-state index in [9.17, 15) is 15.0 Å². The Hall–Kier alpha value is -3.35. The summed E-state index contributed by atoms with van der Waals surface area (Å²) in [5.41, 5.74) is 0.866. The Morgan fingerprint density at radius 2 is 1.63 bits per heavy atom. The zero-order valence-electron chi connectivity index (χ0n) is 15.6. The zero-order chi connectivity index (χ0) is 20.0. The van der Waals surface area contributed by atoms with Crippen LogP contribution < -0.4 is 18.9 Å². The third kappa shape index (κ3) is 4.44. The number of ether oxygens (including phenoxy) is 4. The molecule has 0 fully saturated rings. The molecule has 0 amide bonds. The van der Waals surface area contributed by atoms with E-state index in [2.05, 4.69) is 0 Å². The van der Waals surface area contributed by atoms with E-state index in [0.717, 1.165) is 0 Å². The molecule has 0 aromatic heterocycles. The number of hydrogen-bond acceptors (Lipinski definition) is 6. The van der Waals surface area contributed by atoms with Crippen LogP contribution in [0.15, 0.2) is 30.3 Å². The highest BCUT2D eigenvalue weighted by Gasteiger charge is 2.19. The molecule has 2 aromatic rings. The highest BCUT2D eigenvalue weighted by atomic mass is 16.5. The summed E-state index contributed by atoms with van der Waals surface area (Å²) in [6.45, 7) is 2.22. The molecule has 7 nitrogen and oxygen atoms in total. The summed E-state index contributed by atoms with van der Waals surface area (Å²) in [6, 6.07) is 7.78. The molecule has 0 bridgehead atoms. The normalized spacial score (nSPS) is 11.0. The van der Waals surface area contributed by atoms with Gasteiger partial charge in [-0.3, -0.25) is 0 Å². The van der Waals surface area contributed by atoms with E-state index in [1.54, 1.807) is 31.2 Å². The maximum atomic E-state index is 11.8. The number of phenols is 1. The van der Waals surface area contributed by atoms with E-state index in [4.69, 9.17) is 18.9 Å². The van der Waals surface area contributed by atoms with Crippen LogP contribution in [0.25, 0.3) is 11.6 Å². The topological polar surface area (TPSA) is 94.5 Å². The van der Waals surface area contributed by atoms with Crippen LogP contribution >= 0.6 is 0 Å². The molecule has 144 valence electrons. The zero-order valence-corrected chi connectivity index (χ0v) is 15.6. The van der Waals surface area contributed by atoms with Crippen LogP contribution in [-0.4, -0.2) is 44.1 Å². The van der Waals surface area contributed by atoms with Gasteiger partial charge in [0.15, 0.2) is 23.0 Å². The predicted octanol–water partition coefficient (Wildman–Crippen LogP) is 3.44. The molecule has 2 aromatic carbocycles. The first-order valence-corrected chi connectivity index (χ1v) is 8.16. The molecule has 0 unspecified atom stereocenters. The number of methoxy groups -OCH3 is 3. The quantitative estimate of drug-likeness (QED) is 0.540. The molecule has 0 saturated heterocycles. The van der Waals surface area contributed by atoms with Gasteiger partial charge in [-0.25, -0.2) is 4.79 Å². The predicted molar refractivity (Wildman–Crippen MR) is 101 cm³/mol. The summed E-state index contributed by atoms with van der Waals surface area (Å²) in [6.07, 6.45) is 1.44. The van der Waals surface area contributed by atoms with Crippen LogP contribution in [0.5, 0.6) is 28.7 Å². The minimum atomic E-state index is -1.14. The minimum absolute atomic E-state index is 0.00203. The van der Waals surface area contributed by atoms with Crippen LogP contribution in [0.3, 0.4) is 0 Å². The van der Waals surface area contributed by atoms with Crippen molar-refractivity contribution < 1.29 is 34.0 Å². The molecule has 0 spiro atoms. The lowest BCUT2D eigenvalue weighted by Crippen LogP contribution is -2.02. The van der Waals surface area contributed by atoms with Gasteiger partial charge in [0.2, 0.25) is 5.75 Å². The van der Waals surface area contributed by atoms with Crippen LogP contribution in [0.1, 0.15) is 18.1 Å². The largest absolute Gasteiger partial charge is 0.504 e. The smallest absolute Gasteiger partial charge is 0.336 e. The number of rotatable bonds is 8. The number of benzene rings is 2. The standard InChI is InChI=1S/C20H22O7/c1-5-27-16-7-6-12(9-15(16)21)8-14(20(22)23)13-10-17(24-2)19(26-4)18(11-13)25-3/h6-11,21H,5H2,1-4H3,(H,22,23)/b14-8+. The fourth-order valence-corrected chi connectivity index (χ4v) is 2.57. The van der Waals surface area contributed by atoms with Crippen molar-refractivity contribution >= 4 is 17.6 Å². The molecule has 0 heterocycles. The van der Waals surface area contributed by atoms with Crippen molar-refractivity contribution in [2.75, 3.05) is 27.9 Å². The van der Waals surface area contributed by atoms with Crippen molar-refractivity contribution in [3.63, 3.8) is 0 Å². The van der Waals surface area contributed by atoms with E-state index in [1.807, 2.05) is 0 Å². The van der Waals surface area contributed by atoms with Crippen LogP contribution in [0.4, 0.5) is 0 Å². The molecule has 2 rings (SSSR count). The maximum Gasteiger partial charge on any atom is 0.336 e. The van der Waals surface area contributed by atoms with E-state index >= 15 is 0 Å². The number of phenolic OH excluding ortho intramolecular Hbond substituents is 1. The SMILES string of the molecule is CCOc1ccc(/C=C(/C(=O)O)c2cc(OC)c(OC)c(OC)c2)cc1O. The molecule has 27 heavy (non-hydrogen) atoms. The van der Waals surface area contributed by atoms with Gasteiger partial charge in [-0.2, -0.15) is 0 Å². The monoisotopic (exact) mass is 374 g/mol. The molecule has 0 atom stereocenters. The molecule has 0 aliphatic carbocycles. The Bertz CT molecular complexity index is 830. The van der Waals surface area contributed by atoms with Gasteiger partial charge < -0.3 is 29.2 Å². The third-order valence-electron chi connectivity index (χ3n) is 3.80. The number of aromatic hydroxyl groups is 1. The average Bonchev–Trinajstić information content (AvgIpc) is 2.66. The summed E-state index contributed by atoms with van der Waals surface area (Å²) in [5.74, 6) is 0.173. The third-order valence-corrected chi connectivity index (χ3v) is 3.80. The summed E-state index contributed by atoms with van der Waals surface area (Å²) in [7, 11) is 4.38. The highest BCUT2D eigenvalue weighted by Crippen LogP contribution is 2.40. The first-order chi connectivity index (χ1) is 12.9. The second-order valence-corrected chi connectivity index (χ2v) is 5.44. The van der Waals surface area contributed by atoms with Crippen LogP contribution in [-0.2, 0) is 4.79 Å². The van der Waals surface area contributed by atoms with Gasteiger partial charge in [-0.1, -0.05) is 6.07 Å². The fourth-order valence-electron chi connectivity index (χ4n) is 2.57. The molecule has 0 radical (unpaired) electrons. The van der Waals surface area contributed by atoms with Crippen molar-refractivity contribution in [3.05, 3.63) is 41.5 Å². The molecule has 0 saturated carbocycles. The van der Waals surface area contributed by atoms with E-state index in [0.29, 0.717) is 40.7 Å².